The lowest BCUT2D eigenvalue weighted by Crippen LogP contribution is -2.42. The molecule has 0 unspecified atom stereocenters. The third-order valence-electron chi connectivity index (χ3n) is 7.61. The van der Waals surface area contributed by atoms with Gasteiger partial charge in [-0.25, -0.2) is 4.79 Å². The Morgan fingerprint density at radius 1 is 1.21 bits per heavy atom. The van der Waals surface area contributed by atoms with Crippen molar-refractivity contribution >= 4 is 21.9 Å². The van der Waals surface area contributed by atoms with E-state index in [1.807, 2.05) is 38.1 Å². The SMILES string of the molecule is CC1(C)[C@H]2CC[C@]1(CS(=O)(=O)O)C(=O)C2.O=C1O[C@]2(CCNC2)c2ccccc21. The molecule has 0 aromatic heterocycles. The lowest BCUT2D eigenvalue weighted by Gasteiger charge is -2.35. The molecule has 5 rings (SSSR count). The standard InChI is InChI=1S/C11H11NO2.C10H16O4S/c13-10-8-3-1-2-4-9(8)11(14-10)5-6-12-7-11;1-9(2)7-3-4-10(9,8(11)5-7)6-15(12,13)14/h1-4,12H,5-7H2;7H,3-6H2,1-2H3,(H,12,13,14)/t11-;7-,10-/m00/s1. The number of nitrogens with one attached hydrogen (secondary N) is 1. The lowest BCUT2D eigenvalue weighted by atomic mass is 9.70. The molecule has 7 nitrogen and oxygen atoms in total. The van der Waals surface area contributed by atoms with Crippen molar-refractivity contribution in [3.05, 3.63) is 35.4 Å². The Hall–Kier alpha value is -1.77. The molecule has 3 fully saturated rings. The summed E-state index contributed by atoms with van der Waals surface area (Å²) in [6, 6.07) is 7.67. The van der Waals surface area contributed by atoms with Crippen LogP contribution in [0.1, 0.15) is 55.5 Å². The zero-order chi connectivity index (χ0) is 21.1. The third-order valence-corrected chi connectivity index (χ3v) is 8.47. The van der Waals surface area contributed by atoms with E-state index in [0.29, 0.717) is 12.8 Å². The average Bonchev–Trinajstić information content (AvgIpc) is 3.32. The van der Waals surface area contributed by atoms with Gasteiger partial charge in [-0.3, -0.25) is 9.35 Å². The van der Waals surface area contributed by atoms with Gasteiger partial charge in [0.15, 0.2) is 5.60 Å². The Morgan fingerprint density at radius 3 is 2.48 bits per heavy atom. The first kappa shape index (κ1) is 20.5. The Bertz CT molecular complexity index is 963. The summed E-state index contributed by atoms with van der Waals surface area (Å²) >= 11 is 0. The van der Waals surface area contributed by atoms with Crippen LogP contribution < -0.4 is 5.32 Å². The summed E-state index contributed by atoms with van der Waals surface area (Å²) in [4.78, 5) is 23.5. The van der Waals surface area contributed by atoms with Crippen molar-refractivity contribution in [2.45, 2.75) is 45.1 Å². The Labute approximate surface area is 171 Å². The van der Waals surface area contributed by atoms with E-state index in [-0.39, 0.29) is 28.7 Å². The fourth-order valence-electron chi connectivity index (χ4n) is 5.75. The van der Waals surface area contributed by atoms with Crippen molar-refractivity contribution in [1.29, 1.82) is 0 Å². The van der Waals surface area contributed by atoms with Gasteiger partial charge in [-0.1, -0.05) is 32.0 Å². The van der Waals surface area contributed by atoms with E-state index < -0.39 is 21.3 Å². The first-order valence-electron chi connectivity index (χ1n) is 10.0. The van der Waals surface area contributed by atoms with Crippen molar-refractivity contribution in [3.63, 3.8) is 0 Å². The van der Waals surface area contributed by atoms with E-state index >= 15 is 0 Å². The van der Waals surface area contributed by atoms with Gasteiger partial charge in [-0.2, -0.15) is 8.42 Å². The van der Waals surface area contributed by atoms with E-state index in [4.69, 9.17) is 9.29 Å². The minimum absolute atomic E-state index is 0.0152. The molecule has 8 heteroatoms. The first-order valence-corrected chi connectivity index (χ1v) is 11.6. The van der Waals surface area contributed by atoms with E-state index in [9.17, 15) is 18.0 Å². The molecule has 3 atom stereocenters. The van der Waals surface area contributed by atoms with Gasteiger partial charge in [0.05, 0.1) is 16.7 Å². The summed E-state index contributed by atoms with van der Waals surface area (Å²) in [5.41, 5.74) is 0.296. The number of fused-ring (bicyclic) bond motifs is 4. The molecule has 2 N–H and O–H groups in total. The van der Waals surface area contributed by atoms with Gasteiger partial charge in [0.1, 0.15) is 5.78 Å². The first-order chi connectivity index (χ1) is 13.5. The number of ether oxygens (including phenoxy) is 1. The maximum absolute atomic E-state index is 11.9. The van der Waals surface area contributed by atoms with Crippen LogP contribution in [0.25, 0.3) is 0 Å². The highest BCUT2D eigenvalue weighted by Crippen LogP contribution is 2.64. The van der Waals surface area contributed by atoms with Crippen molar-refractivity contribution in [2.24, 2.45) is 16.7 Å². The van der Waals surface area contributed by atoms with Gasteiger partial charge < -0.3 is 10.1 Å². The maximum atomic E-state index is 11.9. The van der Waals surface area contributed by atoms with Crippen molar-refractivity contribution in [2.75, 3.05) is 18.8 Å². The summed E-state index contributed by atoms with van der Waals surface area (Å²) in [5.74, 6) is -0.278. The smallest absolute Gasteiger partial charge is 0.339 e. The molecule has 0 amide bonds. The number of esters is 1. The molecule has 2 heterocycles. The molecule has 4 aliphatic rings. The van der Waals surface area contributed by atoms with Gasteiger partial charge in [-0.05, 0) is 36.8 Å². The number of carbonyl (C=O) groups excluding carboxylic acids is 2. The van der Waals surface area contributed by atoms with Gasteiger partial charge in [0.25, 0.3) is 10.1 Å². The highest BCUT2D eigenvalue weighted by molar-refractivity contribution is 7.85. The van der Waals surface area contributed by atoms with E-state index in [1.54, 1.807) is 0 Å². The predicted molar refractivity (Wildman–Crippen MR) is 106 cm³/mol. The van der Waals surface area contributed by atoms with E-state index in [1.165, 1.54) is 0 Å². The minimum atomic E-state index is -4.08. The molecular formula is C21H27NO6S. The molecule has 2 saturated carbocycles. The summed E-state index contributed by atoms with van der Waals surface area (Å²) in [7, 11) is -4.08. The molecule has 1 aromatic carbocycles. The van der Waals surface area contributed by atoms with Gasteiger partial charge >= 0.3 is 5.97 Å². The number of hydrogen-bond donors (Lipinski definition) is 2. The second-order valence-electron chi connectivity index (χ2n) is 9.25. The zero-order valence-corrected chi connectivity index (χ0v) is 17.5. The number of hydrogen-bond acceptors (Lipinski definition) is 6. The molecule has 1 saturated heterocycles. The normalized spacial score (nSPS) is 34.1. The van der Waals surface area contributed by atoms with Crippen LogP contribution >= 0.6 is 0 Å². The van der Waals surface area contributed by atoms with Crippen molar-refractivity contribution in [1.82, 2.24) is 5.32 Å². The highest BCUT2D eigenvalue weighted by atomic mass is 32.2. The topological polar surface area (TPSA) is 110 Å². The third kappa shape index (κ3) is 3.12. The molecule has 158 valence electrons. The van der Waals surface area contributed by atoms with Crippen LogP contribution in [-0.2, 0) is 25.3 Å². The van der Waals surface area contributed by atoms with Gasteiger partial charge in [-0.15, -0.1) is 0 Å². The average molecular weight is 422 g/mol. The molecule has 2 aliphatic carbocycles. The van der Waals surface area contributed by atoms with Crippen LogP contribution in [0.4, 0.5) is 0 Å². The fraction of sp³-hybridized carbons (Fsp3) is 0.619. The van der Waals surface area contributed by atoms with E-state index in [2.05, 4.69) is 5.32 Å². The molecule has 0 radical (unpaired) electrons. The highest BCUT2D eigenvalue weighted by Gasteiger charge is 2.65. The summed E-state index contributed by atoms with van der Waals surface area (Å²) < 4.78 is 36.5. The molecule has 2 bridgehead atoms. The van der Waals surface area contributed by atoms with Crippen LogP contribution in [0.15, 0.2) is 24.3 Å². The van der Waals surface area contributed by atoms with Crippen LogP contribution in [0, 0.1) is 16.7 Å². The summed E-state index contributed by atoms with van der Waals surface area (Å²) in [6.07, 6.45) is 2.86. The van der Waals surface area contributed by atoms with Crippen molar-refractivity contribution in [3.8, 4) is 0 Å². The molecule has 1 spiro atoms. The number of benzene rings is 1. The zero-order valence-electron chi connectivity index (χ0n) is 16.7. The van der Waals surface area contributed by atoms with Crippen molar-refractivity contribution < 1.29 is 27.3 Å². The largest absolute Gasteiger partial charge is 0.449 e. The van der Waals surface area contributed by atoms with Crippen LogP contribution in [0.2, 0.25) is 0 Å². The molecular weight excluding hydrogens is 394 g/mol. The van der Waals surface area contributed by atoms with Crippen LogP contribution in [-0.4, -0.2) is 43.6 Å². The number of ketones is 1. The molecule has 29 heavy (non-hydrogen) atoms. The Balaban J connectivity index is 0.000000141. The maximum Gasteiger partial charge on any atom is 0.339 e. The lowest BCUT2D eigenvalue weighted by molar-refractivity contribution is -0.128. The van der Waals surface area contributed by atoms with E-state index in [0.717, 1.165) is 37.1 Å². The predicted octanol–water partition coefficient (Wildman–Crippen LogP) is 2.32. The minimum Gasteiger partial charge on any atom is -0.449 e. The molecule has 1 aromatic rings. The Kier molecular flexibility index (Phi) is 4.68. The Morgan fingerprint density at radius 2 is 1.93 bits per heavy atom. The van der Waals surface area contributed by atoms with Gasteiger partial charge in [0.2, 0.25) is 0 Å². The van der Waals surface area contributed by atoms with Crippen LogP contribution in [0.5, 0.6) is 0 Å². The monoisotopic (exact) mass is 421 g/mol. The van der Waals surface area contributed by atoms with Gasteiger partial charge in [0, 0.05) is 24.9 Å². The quantitative estimate of drug-likeness (QED) is 0.557. The summed E-state index contributed by atoms with van der Waals surface area (Å²) in [6.45, 7) is 5.55. The fourth-order valence-corrected chi connectivity index (χ4v) is 7.05. The second kappa shape index (κ2) is 6.62. The molecule has 2 aliphatic heterocycles. The number of carbonyl (C=O) groups is 2. The summed E-state index contributed by atoms with van der Waals surface area (Å²) in [5, 5.41) is 3.24. The second-order valence-corrected chi connectivity index (χ2v) is 10.7. The van der Waals surface area contributed by atoms with Crippen LogP contribution in [0.3, 0.4) is 0 Å². The number of rotatable bonds is 2. The number of Topliss-reactive ketones (excluding diaryl/α,β-unsaturated/α-hetero) is 1.